The van der Waals surface area contributed by atoms with Gasteiger partial charge in [-0.1, -0.05) is 6.07 Å². The monoisotopic (exact) mass is 482 g/mol. The molecule has 1 saturated heterocycles. The lowest BCUT2D eigenvalue weighted by Crippen LogP contribution is -2.32. The molecule has 3 rings (SSSR count). The highest BCUT2D eigenvalue weighted by Gasteiger charge is 2.46. The summed E-state index contributed by atoms with van der Waals surface area (Å²) in [6, 6.07) is 9.75. The molecule has 0 aromatic heterocycles. The average Bonchev–Trinajstić information content (AvgIpc) is 3.08. The molecule has 1 N–H and O–H groups in total. The smallest absolute Gasteiger partial charge is 0.295 e. The molecule has 1 aliphatic rings. The Morgan fingerprint density at radius 2 is 1.77 bits per heavy atom. The van der Waals surface area contributed by atoms with Crippen LogP contribution in [0, 0.1) is 6.92 Å². The summed E-state index contributed by atoms with van der Waals surface area (Å²) in [7, 11) is 6.97. The molecule has 0 spiro atoms. The SMILES string of the molecule is CCOc1ccc(/C(O)=C2/C(=O)C(=O)N(CCCN(C)C)C2c2ccc(OC)c(OC)c2)c(C)c1. The highest BCUT2D eigenvalue weighted by molar-refractivity contribution is 6.46. The lowest BCUT2D eigenvalue weighted by atomic mass is 9.93. The third-order valence-electron chi connectivity index (χ3n) is 6.03. The van der Waals surface area contributed by atoms with E-state index in [4.69, 9.17) is 14.2 Å². The molecule has 1 atom stereocenters. The molecule has 1 aliphatic heterocycles. The van der Waals surface area contributed by atoms with Crippen LogP contribution in [0.2, 0.25) is 0 Å². The largest absolute Gasteiger partial charge is 0.507 e. The zero-order valence-corrected chi connectivity index (χ0v) is 21.3. The number of carbonyl (C=O) groups excluding carboxylic acids is 2. The topological polar surface area (TPSA) is 88.5 Å². The number of aliphatic hydroxyl groups excluding tert-OH is 1. The summed E-state index contributed by atoms with van der Waals surface area (Å²) in [6.07, 6.45) is 0.673. The quantitative estimate of drug-likeness (QED) is 0.313. The summed E-state index contributed by atoms with van der Waals surface area (Å²) < 4.78 is 16.4. The molecule has 1 amide bonds. The van der Waals surface area contributed by atoms with Crippen molar-refractivity contribution in [3.05, 3.63) is 58.7 Å². The molecular formula is C27H34N2O6. The van der Waals surface area contributed by atoms with Crippen LogP contribution in [0.1, 0.15) is 36.1 Å². The van der Waals surface area contributed by atoms with Crippen LogP contribution in [0.5, 0.6) is 17.2 Å². The van der Waals surface area contributed by atoms with Crippen LogP contribution in [0.3, 0.4) is 0 Å². The normalized spacial score (nSPS) is 17.2. The van der Waals surface area contributed by atoms with Gasteiger partial charge in [0.25, 0.3) is 11.7 Å². The first kappa shape index (κ1) is 26.1. The Balaban J connectivity index is 2.15. The van der Waals surface area contributed by atoms with Gasteiger partial charge in [-0.05, 0) is 82.4 Å². The van der Waals surface area contributed by atoms with E-state index in [1.165, 1.54) is 12.0 Å². The number of aryl methyl sites for hydroxylation is 1. The van der Waals surface area contributed by atoms with Gasteiger partial charge in [-0.2, -0.15) is 0 Å². The molecule has 2 aromatic carbocycles. The van der Waals surface area contributed by atoms with Gasteiger partial charge in [-0.15, -0.1) is 0 Å². The summed E-state index contributed by atoms with van der Waals surface area (Å²) in [4.78, 5) is 30.0. The van der Waals surface area contributed by atoms with Gasteiger partial charge in [0, 0.05) is 12.1 Å². The number of nitrogens with zero attached hydrogens (tertiary/aromatic N) is 2. The van der Waals surface area contributed by atoms with E-state index < -0.39 is 17.7 Å². The predicted octanol–water partition coefficient (Wildman–Crippen LogP) is 3.78. The molecule has 0 saturated carbocycles. The van der Waals surface area contributed by atoms with Crippen molar-refractivity contribution < 1.29 is 28.9 Å². The Morgan fingerprint density at radius 3 is 2.37 bits per heavy atom. The first-order valence-corrected chi connectivity index (χ1v) is 11.6. The molecular weight excluding hydrogens is 448 g/mol. The maximum atomic E-state index is 13.3. The van der Waals surface area contributed by atoms with Crippen LogP contribution in [0.25, 0.3) is 5.76 Å². The van der Waals surface area contributed by atoms with E-state index in [-0.39, 0.29) is 11.3 Å². The number of methoxy groups -OCH3 is 2. The van der Waals surface area contributed by atoms with Crippen LogP contribution >= 0.6 is 0 Å². The van der Waals surface area contributed by atoms with Crippen molar-refractivity contribution in [2.45, 2.75) is 26.3 Å². The van der Waals surface area contributed by atoms with Crippen LogP contribution in [-0.2, 0) is 9.59 Å². The van der Waals surface area contributed by atoms with E-state index in [2.05, 4.69) is 0 Å². The van der Waals surface area contributed by atoms with Gasteiger partial charge < -0.3 is 29.1 Å². The second kappa shape index (κ2) is 11.3. The van der Waals surface area contributed by atoms with Crippen molar-refractivity contribution in [2.24, 2.45) is 0 Å². The van der Waals surface area contributed by atoms with Crippen molar-refractivity contribution in [2.75, 3.05) is 48.0 Å². The fourth-order valence-corrected chi connectivity index (χ4v) is 4.34. The lowest BCUT2D eigenvalue weighted by Gasteiger charge is -2.26. The van der Waals surface area contributed by atoms with E-state index in [1.54, 1.807) is 43.5 Å². The van der Waals surface area contributed by atoms with E-state index >= 15 is 0 Å². The Bertz CT molecular complexity index is 1120. The van der Waals surface area contributed by atoms with Crippen molar-refractivity contribution in [3.8, 4) is 17.2 Å². The maximum absolute atomic E-state index is 13.3. The summed E-state index contributed by atoms with van der Waals surface area (Å²) in [5.41, 5.74) is 1.92. The van der Waals surface area contributed by atoms with Crippen LogP contribution in [-0.4, -0.2) is 74.6 Å². The predicted molar refractivity (Wildman–Crippen MR) is 134 cm³/mol. The van der Waals surface area contributed by atoms with Crippen LogP contribution < -0.4 is 14.2 Å². The molecule has 188 valence electrons. The Hall–Kier alpha value is -3.52. The van der Waals surface area contributed by atoms with Crippen molar-refractivity contribution in [1.82, 2.24) is 9.80 Å². The number of ether oxygens (including phenoxy) is 3. The van der Waals surface area contributed by atoms with Crippen LogP contribution in [0.4, 0.5) is 0 Å². The maximum Gasteiger partial charge on any atom is 0.295 e. The summed E-state index contributed by atoms with van der Waals surface area (Å²) in [5.74, 6) is 0.124. The third kappa shape index (κ3) is 5.43. The van der Waals surface area contributed by atoms with Gasteiger partial charge in [0.2, 0.25) is 0 Å². The molecule has 1 heterocycles. The second-order valence-corrected chi connectivity index (χ2v) is 8.67. The van der Waals surface area contributed by atoms with Gasteiger partial charge in [-0.3, -0.25) is 9.59 Å². The number of ketones is 1. The minimum absolute atomic E-state index is 0.0549. The van der Waals surface area contributed by atoms with Crippen molar-refractivity contribution in [1.29, 1.82) is 0 Å². The van der Waals surface area contributed by atoms with Crippen molar-refractivity contribution in [3.63, 3.8) is 0 Å². The number of aliphatic hydroxyl groups is 1. The highest BCUT2D eigenvalue weighted by Crippen LogP contribution is 2.42. The average molecular weight is 483 g/mol. The van der Waals surface area contributed by atoms with Gasteiger partial charge in [0.15, 0.2) is 11.5 Å². The zero-order valence-electron chi connectivity index (χ0n) is 21.3. The second-order valence-electron chi connectivity index (χ2n) is 8.67. The summed E-state index contributed by atoms with van der Waals surface area (Å²) >= 11 is 0. The van der Waals surface area contributed by atoms with Crippen molar-refractivity contribution >= 4 is 17.4 Å². The minimum Gasteiger partial charge on any atom is -0.507 e. The molecule has 1 fully saturated rings. The summed E-state index contributed by atoms with van der Waals surface area (Å²) in [5, 5.41) is 11.4. The van der Waals surface area contributed by atoms with Gasteiger partial charge in [0.05, 0.1) is 32.4 Å². The Kier molecular flexibility index (Phi) is 8.40. The molecule has 0 radical (unpaired) electrons. The van der Waals surface area contributed by atoms with Gasteiger partial charge in [-0.25, -0.2) is 0 Å². The number of rotatable bonds is 10. The van der Waals surface area contributed by atoms with Crippen LogP contribution in [0.15, 0.2) is 42.0 Å². The molecule has 2 aromatic rings. The Morgan fingerprint density at radius 1 is 1.06 bits per heavy atom. The molecule has 0 bridgehead atoms. The van der Waals surface area contributed by atoms with E-state index in [1.807, 2.05) is 32.8 Å². The number of likely N-dealkylation sites (tertiary alicyclic amines) is 1. The standard InChI is InChI=1S/C27H34N2O6/c1-7-35-19-10-11-20(17(2)15-19)25(30)23-24(18-9-12-21(33-5)22(16-18)34-6)29(27(32)26(23)31)14-8-13-28(3)4/h9-12,15-16,24,30H,7-8,13-14H2,1-6H3/b25-23-. The van der Waals surface area contributed by atoms with E-state index in [9.17, 15) is 14.7 Å². The number of carbonyl (C=O) groups is 2. The fourth-order valence-electron chi connectivity index (χ4n) is 4.34. The fraction of sp³-hybridized carbons (Fsp3) is 0.407. The molecule has 8 nitrogen and oxygen atoms in total. The van der Waals surface area contributed by atoms with E-state index in [0.717, 1.165) is 12.1 Å². The highest BCUT2D eigenvalue weighted by atomic mass is 16.5. The molecule has 0 aliphatic carbocycles. The minimum atomic E-state index is -0.761. The first-order chi connectivity index (χ1) is 16.7. The van der Waals surface area contributed by atoms with E-state index in [0.29, 0.717) is 47.9 Å². The van der Waals surface area contributed by atoms with Gasteiger partial charge >= 0.3 is 0 Å². The number of benzene rings is 2. The first-order valence-electron chi connectivity index (χ1n) is 11.6. The van der Waals surface area contributed by atoms with Gasteiger partial charge in [0.1, 0.15) is 11.5 Å². The molecule has 8 heteroatoms. The summed E-state index contributed by atoms with van der Waals surface area (Å²) in [6.45, 7) is 5.35. The molecule has 35 heavy (non-hydrogen) atoms. The lowest BCUT2D eigenvalue weighted by molar-refractivity contribution is -0.139. The Labute approximate surface area is 206 Å². The third-order valence-corrected chi connectivity index (χ3v) is 6.03. The number of hydrogen-bond acceptors (Lipinski definition) is 7. The number of amides is 1. The number of hydrogen-bond donors (Lipinski definition) is 1. The zero-order chi connectivity index (χ0) is 25.7. The molecule has 1 unspecified atom stereocenters. The number of Topliss-reactive ketones (excluding diaryl/α,β-unsaturated/α-hetero) is 1.